The number of hydrogen-bond donors (Lipinski definition) is 0. The summed E-state index contributed by atoms with van der Waals surface area (Å²) in [5.41, 5.74) is 2.14. The van der Waals surface area contributed by atoms with Crippen LogP contribution in [0.4, 0.5) is 8.78 Å². The topological polar surface area (TPSA) is 25.8 Å². The highest BCUT2D eigenvalue weighted by Crippen LogP contribution is 2.29. The molecule has 5 heteroatoms. The second kappa shape index (κ2) is 5.04. The van der Waals surface area contributed by atoms with Crippen LogP contribution in [0.3, 0.4) is 0 Å². The number of halogens is 3. The van der Waals surface area contributed by atoms with Crippen molar-refractivity contribution in [1.82, 2.24) is 9.97 Å². The summed E-state index contributed by atoms with van der Waals surface area (Å²) < 4.78 is 27.5. The predicted octanol–water partition coefficient (Wildman–Crippen LogP) is 4.85. The van der Waals surface area contributed by atoms with Crippen LogP contribution in [0.2, 0.25) is 5.15 Å². The van der Waals surface area contributed by atoms with Gasteiger partial charge in [0.05, 0.1) is 0 Å². The van der Waals surface area contributed by atoms with Gasteiger partial charge >= 0.3 is 0 Å². The largest absolute Gasteiger partial charge is 0.225 e. The SMILES string of the molecule is Cc1cc(F)cc(-c2nc(Cl)c3c(C)ccc(F)c3n2)c1. The van der Waals surface area contributed by atoms with Crippen molar-refractivity contribution in [3.05, 3.63) is 58.2 Å². The molecule has 2 nitrogen and oxygen atoms in total. The molecule has 0 saturated heterocycles. The van der Waals surface area contributed by atoms with Gasteiger partial charge in [0.2, 0.25) is 0 Å². The van der Waals surface area contributed by atoms with Gasteiger partial charge in [-0.15, -0.1) is 0 Å². The molecule has 106 valence electrons. The summed E-state index contributed by atoms with van der Waals surface area (Å²) >= 11 is 6.16. The number of aromatic nitrogens is 2. The third-order valence-corrected chi connectivity index (χ3v) is 3.54. The van der Waals surface area contributed by atoms with Gasteiger partial charge in [-0.1, -0.05) is 17.7 Å². The first kappa shape index (κ1) is 13.9. The molecular weight excluding hydrogens is 294 g/mol. The van der Waals surface area contributed by atoms with Gasteiger partial charge in [0, 0.05) is 10.9 Å². The average Bonchev–Trinajstić information content (AvgIpc) is 2.41. The van der Waals surface area contributed by atoms with E-state index in [0.29, 0.717) is 10.9 Å². The van der Waals surface area contributed by atoms with Crippen LogP contribution in [0.15, 0.2) is 30.3 Å². The number of aryl methyl sites for hydroxylation is 2. The molecule has 0 aliphatic carbocycles. The smallest absolute Gasteiger partial charge is 0.161 e. The van der Waals surface area contributed by atoms with Crippen LogP contribution in [0.25, 0.3) is 22.3 Å². The van der Waals surface area contributed by atoms with Gasteiger partial charge in [0.1, 0.15) is 22.3 Å². The monoisotopic (exact) mass is 304 g/mol. The second-order valence-electron chi connectivity index (χ2n) is 4.94. The van der Waals surface area contributed by atoms with Crippen LogP contribution in [0.5, 0.6) is 0 Å². The highest BCUT2D eigenvalue weighted by molar-refractivity contribution is 6.34. The van der Waals surface area contributed by atoms with E-state index in [2.05, 4.69) is 9.97 Å². The molecule has 0 radical (unpaired) electrons. The molecule has 0 saturated carbocycles. The highest BCUT2D eigenvalue weighted by Gasteiger charge is 2.14. The summed E-state index contributed by atoms with van der Waals surface area (Å²) in [6.45, 7) is 3.57. The maximum atomic E-state index is 14.0. The summed E-state index contributed by atoms with van der Waals surface area (Å²) in [6, 6.07) is 7.39. The molecule has 21 heavy (non-hydrogen) atoms. The minimum absolute atomic E-state index is 0.145. The fourth-order valence-corrected chi connectivity index (χ4v) is 2.63. The van der Waals surface area contributed by atoms with Gasteiger partial charge in [-0.25, -0.2) is 18.7 Å². The zero-order valence-electron chi connectivity index (χ0n) is 11.4. The normalized spacial score (nSPS) is 11.1. The fourth-order valence-electron chi connectivity index (χ4n) is 2.31. The summed E-state index contributed by atoms with van der Waals surface area (Å²) in [4.78, 5) is 8.39. The zero-order chi connectivity index (χ0) is 15.1. The molecule has 2 aromatic carbocycles. The molecule has 0 spiro atoms. The van der Waals surface area contributed by atoms with E-state index in [1.807, 2.05) is 6.92 Å². The lowest BCUT2D eigenvalue weighted by Gasteiger charge is -2.08. The van der Waals surface area contributed by atoms with Crippen molar-refractivity contribution in [2.24, 2.45) is 0 Å². The van der Waals surface area contributed by atoms with Crippen molar-refractivity contribution < 1.29 is 8.78 Å². The third kappa shape index (κ3) is 2.47. The Morgan fingerprint density at radius 3 is 2.48 bits per heavy atom. The average molecular weight is 305 g/mol. The van der Waals surface area contributed by atoms with Gasteiger partial charge < -0.3 is 0 Å². The number of hydrogen-bond acceptors (Lipinski definition) is 2. The molecule has 0 amide bonds. The van der Waals surface area contributed by atoms with E-state index in [0.717, 1.165) is 11.1 Å². The van der Waals surface area contributed by atoms with Crippen LogP contribution >= 0.6 is 11.6 Å². The third-order valence-electron chi connectivity index (χ3n) is 3.27. The molecule has 0 N–H and O–H groups in total. The minimum atomic E-state index is -0.478. The van der Waals surface area contributed by atoms with E-state index in [9.17, 15) is 8.78 Å². The molecular formula is C16H11ClF2N2. The number of nitrogens with zero attached hydrogens (tertiary/aromatic N) is 2. The standard InChI is InChI=1S/C16H11ClF2N2/c1-8-5-10(7-11(18)6-8)16-20-14-12(19)4-3-9(2)13(14)15(17)21-16/h3-7H,1-2H3. The predicted molar refractivity (Wildman–Crippen MR) is 79.4 cm³/mol. The highest BCUT2D eigenvalue weighted by atomic mass is 35.5. The maximum Gasteiger partial charge on any atom is 0.161 e. The van der Waals surface area contributed by atoms with Crippen LogP contribution < -0.4 is 0 Å². The Morgan fingerprint density at radius 1 is 1.00 bits per heavy atom. The molecule has 0 bridgehead atoms. The Kier molecular flexibility index (Phi) is 3.33. The summed E-state index contributed by atoms with van der Waals surface area (Å²) in [5, 5.41) is 0.641. The van der Waals surface area contributed by atoms with E-state index in [4.69, 9.17) is 11.6 Å². The fraction of sp³-hybridized carbons (Fsp3) is 0.125. The quantitative estimate of drug-likeness (QED) is 0.601. The van der Waals surface area contributed by atoms with Crippen molar-refractivity contribution in [2.45, 2.75) is 13.8 Å². The zero-order valence-corrected chi connectivity index (χ0v) is 12.2. The Labute approximate surface area is 125 Å². The Balaban J connectivity index is 2.32. The number of benzene rings is 2. The molecule has 0 unspecified atom stereocenters. The Bertz CT molecular complexity index is 842. The van der Waals surface area contributed by atoms with E-state index >= 15 is 0 Å². The van der Waals surface area contributed by atoms with E-state index in [1.54, 1.807) is 19.1 Å². The first-order chi connectivity index (χ1) is 9.95. The van der Waals surface area contributed by atoms with Crippen molar-refractivity contribution in [3.63, 3.8) is 0 Å². The molecule has 0 fully saturated rings. The summed E-state index contributed by atoms with van der Waals surface area (Å²) in [5.74, 6) is -0.664. The van der Waals surface area contributed by atoms with Crippen LogP contribution in [0.1, 0.15) is 11.1 Å². The van der Waals surface area contributed by atoms with Gasteiger partial charge in [-0.3, -0.25) is 0 Å². The van der Waals surface area contributed by atoms with Crippen molar-refractivity contribution in [3.8, 4) is 11.4 Å². The molecule has 1 heterocycles. The van der Waals surface area contributed by atoms with Gasteiger partial charge in [0.25, 0.3) is 0 Å². The van der Waals surface area contributed by atoms with Crippen molar-refractivity contribution in [1.29, 1.82) is 0 Å². The van der Waals surface area contributed by atoms with E-state index < -0.39 is 11.6 Å². The van der Waals surface area contributed by atoms with Crippen molar-refractivity contribution in [2.75, 3.05) is 0 Å². The minimum Gasteiger partial charge on any atom is -0.225 e. The van der Waals surface area contributed by atoms with Crippen LogP contribution in [0, 0.1) is 25.5 Å². The van der Waals surface area contributed by atoms with Crippen LogP contribution in [-0.2, 0) is 0 Å². The van der Waals surface area contributed by atoms with Crippen molar-refractivity contribution >= 4 is 22.5 Å². The first-order valence-electron chi connectivity index (χ1n) is 6.35. The first-order valence-corrected chi connectivity index (χ1v) is 6.73. The van der Waals surface area contributed by atoms with Gasteiger partial charge in [0.15, 0.2) is 5.82 Å². The van der Waals surface area contributed by atoms with E-state index in [-0.39, 0.29) is 16.5 Å². The van der Waals surface area contributed by atoms with E-state index in [1.165, 1.54) is 18.2 Å². The number of rotatable bonds is 1. The molecule has 3 aromatic rings. The van der Waals surface area contributed by atoms with Gasteiger partial charge in [-0.05, 0) is 49.2 Å². The Hall–Kier alpha value is -2.07. The Morgan fingerprint density at radius 2 is 1.76 bits per heavy atom. The molecule has 3 rings (SSSR count). The molecule has 1 aromatic heterocycles. The molecule has 0 aliphatic heterocycles. The second-order valence-corrected chi connectivity index (χ2v) is 5.30. The summed E-state index contributed by atoms with van der Waals surface area (Å²) in [6.07, 6.45) is 0. The maximum absolute atomic E-state index is 14.0. The number of fused-ring (bicyclic) bond motifs is 1. The lowest BCUT2D eigenvalue weighted by Crippen LogP contribution is -1.96. The molecule has 0 aliphatic rings. The lowest BCUT2D eigenvalue weighted by atomic mass is 10.1. The molecule has 0 atom stereocenters. The lowest BCUT2D eigenvalue weighted by molar-refractivity contribution is 0.627. The van der Waals surface area contributed by atoms with Gasteiger partial charge in [-0.2, -0.15) is 0 Å². The summed E-state index contributed by atoms with van der Waals surface area (Å²) in [7, 11) is 0. The van der Waals surface area contributed by atoms with Crippen LogP contribution in [-0.4, -0.2) is 9.97 Å².